The molecule has 5 atom stereocenters. The van der Waals surface area contributed by atoms with Gasteiger partial charge in [-0.15, -0.1) is 0 Å². The van der Waals surface area contributed by atoms with Crippen molar-refractivity contribution in [3.63, 3.8) is 0 Å². The molecule has 0 saturated carbocycles. The molecule has 1 saturated heterocycles. The first-order valence-corrected chi connectivity index (χ1v) is 5.98. The van der Waals surface area contributed by atoms with Crippen molar-refractivity contribution in [3.05, 3.63) is 12.4 Å². The largest absolute Gasteiger partial charge is 0.394 e. The van der Waals surface area contributed by atoms with E-state index in [0.717, 1.165) is 11.8 Å². The van der Waals surface area contributed by atoms with Crippen LogP contribution >= 0.6 is 11.8 Å². The third-order valence-corrected chi connectivity index (χ3v) is 3.62. The molecule has 2 heterocycles. The van der Waals surface area contributed by atoms with Gasteiger partial charge < -0.3 is 30.1 Å². The van der Waals surface area contributed by atoms with Crippen LogP contribution < -0.4 is 0 Å². The summed E-state index contributed by atoms with van der Waals surface area (Å²) < 4.78 is 5.30. The number of aliphatic hydroxyl groups is 4. The molecule has 0 amide bonds. The number of aromatic amines is 1. The Balaban J connectivity index is 2.06. The molecule has 1 aromatic heterocycles. The van der Waals surface area contributed by atoms with Gasteiger partial charge in [-0.3, -0.25) is 0 Å². The Morgan fingerprint density at radius 2 is 2.06 bits per heavy atom. The first kappa shape index (κ1) is 12.8. The molecule has 2 rings (SSSR count). The summed E-state index contributed by atoms with van der Waals surface area (Å²) >= 11 is 1.08. The topological polar surface area (TPSA) is 119 Å². The number of hydrogen-bond donors (Lipinski definition) is 5. The van der Waals surface area contributed by atoms with Crippen molar-refractivity contribution in [2.24, 2.45) is 0 Å². The van der Waals surface area contributed by atoms with Crippen LogP contribution in [0.1, 0.15) is 0 Å². The first-order chi connectivity index (χ1) is 8.13. The fourth-order valence-electron chi connectivity index (χ4n) is 1.59. The summed E-state index contributed by atoms with van der Waals surface area (Å²) in [6.45, 7) is -0.430. The monoisotopic (exact) mass is 262 g/mol. The Labute approximate surface area is 101 Å². The van der Waals surface area contributed by atoms with E-state index in [-0.39, 0.29) is 0 Å². The molecular weight excluding hydrogens is 248 g/mol. The second kappa shape index (κ2) is 5.34. The molecular formula is C9H14N2O5S. The van der Waals surface area contributed by atoms with Gasteiger partial charge in [0.25, 0.3) is 0 Å². The fraction of sp³-hybridized carbons (Fsp3) is 0.667. The van der Waals surface area contributed by atoms with E-state index in [9.17, 15) is 15.3 Å². The molecule has 1 fully saturated rings. The normalized spacial score (nSPS) is 38.2. The lowest BCUT2D eigenvalue weighted by molar-refractivity contribution is -0.205. The van der Waals surface area contributed by atoms with Gasteiger partial charge in [-0.1, -0.05) is 11.8 Å². The molecule has 17 heavy (non-hydrogen) atoms. The molecule has 0 spiro atoms. The van der Waals surface area contributed by atoms with Gasteiger partial charge in [0.2, 0.25) is 0 Å². The second-order valence-electron chi connectivity index (χ2n) is 3.71. The third-order valence-electron chi connectivity index (χ3n) is 2.55. The Hall–Kier alpha value is -0.640. The fourth-order valence-corrected chi connectivity index (χ4v) is 2.57. The number of thioether (sulfide) groups is 1. The van der Waals surface area contributed by atoms with E-state index >= 15 is 0 Å². The van der Waals surface area contributed by atoms with Crippen molar-refractivity contribution in [2.45, 2.75) is 35.0 Å². The Kier molecular flexibility index (Phi) is 4.02. The standard InChI is InChI=1S/C9H14N2O5S/c12-3-4-5(13)6(14)7(15)8(16-4)17-9-10-1-2-11-9/h1-2,4-8,12-15H,3H2,(H,10,11)/t4-,5+,6+,7+,8+/m0/s1. The SMILES string of the molecule is OC[C@@H]1O[C@H](Sc2ncc[nH]2)[C@H](O)[C@H](O)[C@@H]1O. The van der Waals surface area contributed by atoms with Gasteiger partial charge >= 0.3 is 0 Å². The number of aliphatic hydroxyl groups excluding tert-OH is 4. The maximum absolute atomic E-state index is 9.74. The van der Waals surface area contributed by atoms with Crippen molar-refractivity contribution in [3.8, 4) is 0 Å². The highest BCUT2D eigenvalue weighted by atomic mass is 32.2. The highest BCUT2D eigenvalue weighted by Gasteiger charge is 2.44. The summed E-state index contributed by atoms with van der Waals surface area (Å²) in [4.78, 5) is 6.77. The summed E-state index contributed by atoms with van der Waals surface area (Å²) in [5.74, 6) is 0. The second-order valence-corrected chi connectivity index (χ2v) is 4.80. The molecule has 96 valence electrons. The van der Waals surface area contributed by atoms with Gasteiger partial charge in [0.15, 0.2) is 5.16 Å². The number of ether oxygens (including phenoxy) is 1. The molecule has 1 aliphatic heterocycles. The van der Waals surface area contributed by atoms with Gasteiger partial charge in [0.1, 0.15) is 29.9 Å². The van der Waals surface area contributed by atoms with Gasteiger partial charge in [-0.25, -0.2) is 4.98 Å². The van der Waals surface area contributed by atoms with Crippen LogP contribution in [0.15, 0.2) is 17.6 Å². The lowest BCUT2D eigenvalue weighted by atomic mass is 10.0. The quantitative estimate of drug-likeness (QED) is 0.440. The summed E-state index contributed by atoms with van der Waals surface area (Å²) in [5, 5.41) is 38.4. The van der Waals surface area contributed by atoms with Crippen LogP contribution in [-0.2, 0) is 4.74 Å². The average Bonchev–Trinajstić information content (AvgIpc) is 2.83. The molecule has 8 heteroatoms. The summed E-state index contributed by atoms with van der Waals surface area (Å²) in [6.07, 6.45) is -1.65. The number of imidazole rings is 1. The lowest BCUT2D eigenvalue weighted by Crippen LogP contribution is -2.57. The van der Waals surface area contributed by atoms with Crippen LogP contribution in [0, 0.1) is 0 Å². The molecule has 5 N–H and O–H groups in total. The van der Waals surface area contributed by atoms with Crippen LogP contribution in [0.3, 0.4) is 0 Å². The summed E-state index contributed by atoms with van der Waals surface area (Å²) in [6, 6.07) is 0. The van der Waals surface area contributed by atoms with E-state index in [1.807, 2.05) is 0 Å². The van der Waals surface area contributed by atoms with E-state index in [1.54, 1.807) is 12.4 Å². The molecule has 0 aliphatic carbocycles. The third kappa shape index (κ3) is 2.62. The van der Waals surface area contributed by atoms with E-state index in [4.69, 9.17) is 9.84 Å². The van der Waals surface area contributed by atoms with Crippen LogP contribution in [0.2, 0.25) is 0 Å². The van der Waals surface area contributed by atoms with Crippen molar-refractivity contribution in [1.29, 1.82) is 0 Å². The molecule has 0 unspecified atom stereocenters. The highest BCUT2D eigenvalue weighted by molar-refractivity contribution is 7.99. The summed E-state index contributed by atoms with van der Waals surface area (Å²) in [7, 11) is 0. The average molecular weight is 262 g/mol. The number of H-pyrrole nitrogens is 1. The number of hydrogen-bond acceptors (Lipinski definition) is 7. The predicted molar refractivity (Wildman–Crippen MR) is 58.2 cm³/mol. The van der Waals surface area contributed by atoms with Crippen LogP contribution in [0.4, 0.5) is 0 Å². The van der Waals surface area contributed by atoms with Gasteiger partial charge in [-0.2, -0.15) is 0 Å². The number of aromatic nitrogens is 2. The van der Waals surface area contributed by atoms with E-state index in [2.05, 4.69) is 9.97 Å². The molecule has 7 nitrogen and oxygen atoms in total. The Morgan fingerprint density at radius 3 is 2.65 bits per heavy atom. The maximum atomic E-state index is 9.74. The minimum atomic E-state index is -1.35. The van der Waals surface area contributed by atoms with Crippen LogP contribution in [0.5, 0.6) is 0 Å². The van der Waals surface area contributed by atoms with Crippen LogP contribution in [-0.4, -0.2) is 66.9 Å². The zero-order chi connectivity index (χ0) is 12.4. The van der Waals surface area contributed by atoms with Gasteiger partial charge in [0.05, 0.1) is 6.61 Å². The molecule has 0 aromatic carbocycles. The van der Waals surface area contributed by atoms with Crippen LogP contribution in [0.25, 0.3) is 0 Å². The smallest absolute Gasteiger partial charge is 0.167 e. The summed E-state index contributed by atoms with van der Waals surface area (Å²) in [5.41, 5.74) is -0.795. The molecule has 0 radical (unpaired) electrons. The minimum Gasteiger partial charge on any atom is -0.394 e. The van der Waals surface area contributed by atoms with Crippen molar-refractivity contribution < 1.29 is 25.2 Å². The molecule has 1 aliphatic rings. The van der Waals surface area contributed by atoms with Crippen molar-refractivity contribution in [2.75, 3.05) is 6.61 Å². The minimum absolute atomic E-state index is 0.430. The number of nitrogens with one attached hydrogen (secondary N) is 1. The van der Waals surface area contributed by atoms with Crippen molar-refractivity contribution in [1.82, 2.24) is 9.97 Å². The zero-order valence-electron chi connectivity index (χ0n) is 8.80. The zero-order valence-corrected chi connectivity index (χ0v) is 9.62. The van der Waals surface area contributed by atoms with Gasteiger partial charge in [0, 0.05) is 12.4 Å². The van der Waals surface area contributed by atoms with Gasteiger partial charge in [-0.05, 0) is 0 Å². The maximum Gasteiger partial charge on any atom is 0.167 e. The number of nitrogens with zero attached hydrogens (tertiary/aromatic N) is 1. The highest BCUT2D eigenvalue weighted by Crippen LogP contribution is 2.31. The Morgan fingerprint density at radius 1 is 1.29 bits per heavy atom. The van der Waals surface area contributed by atoms with E-state index < -0.39 is 36.5 Å². The van der Waals surface area contributed by atoms with Crippen molar-refractivity contribution >= 4 is 11.8 Å². The number of rotatable bonds is 3. The Bertz CT molecular complexity index is 347. The van der Waals surface area contributed by atoms with E-state index in [1.165, 1.54) is 0 Å². The first-order valence-electron chi connectivity index (χ1n) is 5.10. The lowest BCUT2D eigenvalue weighted by Gasteiger charge is -2.39. The predicted octanol–water partition coefficient (Wildman–Crippen LogP) is -1.70. The molecule has 0 bridgehead atoms. The van der Waals surface area contributed by atoms with E-state index in [0.29, 0.717) is 5.16 Å². The molecule has 1 aromatic rings.